The van der Waals surface area contributed by atoms with Crippen molar-refractivity contribution in [1.29, 1.82) is 0 Å². The fourth-order valence-corrected chi connectivity index (χ4v) is 3.32. The molecule has 1 unspecified atom stereocenters. The second-order valence-corrected chi connectivity index (χ2v) is 6.37. The molecule has 0 amide bonds. The smallest absolute Gasteiger partial charge is 0.254 e. The minimum atomic E-state index is 0.319. The average Bonchev–Trinajstić information content (AvgIpc) is 3.12. The minimum absolute atomic E-state index is 0.319. The van der Waals surface area contributed by atoms with Gasteiger partial charge in [0.25, 0.3) is 5.78 Å². The third-order valence-corrected chi connectivity index (χ3v) is 4.47. The van der Waals surface area contributed by atoms with Gasteiger partial charge in [-0.25, -0.2) is 4.98 Å². The maximum atomic E-state index is 4.56. The van der Waals surface area contributed by atoms with Crippen LogP contribution in [-0.2, 0) is 6.42 Å². The van der Waals surface area contributed by atoms with E-state index in [2.05, 4.69) is 48.5 Å². The van der Waals surface area contributed by atoms with E-state index in [0.29, 0.717) is 11.8 Å². The number of fused-ring (bicyclic) bond motifs is 1. The molecule has 0 bridgehead atoms. The summed E-state index contributed by atoms with van der Waals surface area (Å²) in [6.07, 6.45) is 7.47. The Kier molecular flexibility index (Phi) is 4.41. The van der Waals surface area contributed by atoms with Gasteiger partial charge in [-0.05, 0) is 31.4 Å². The molecule has 8 nitrogen and oxygen atoms in total. The number of rotatable bonds is 5. The second kappa shape index (κ2) is 7.00. The Hall–Kier alpha value is -2.77. The lowest BCUT2D eigenvalue weighted by atomic mass is 10.1. The summed E-state index contributed by atoms with van der Waals surface area (Å²) in [5.74, 6) is 2.54. The van der Waals surface area contributed by atoms with Crippen LogP contribution in [0.5, 0.6) is 0 Å². The number of hydrogen-bond donors (Lipinski definition) is 1. The average molecular weight is 338 g/mol. The zero-order valence-corrected chi connectivity index (χ0v) is 14.3. The number of nitrogens with zero attached hydrogens (tertiary/aromatic N) is 7. The van der Waals surface area contributed by atoms with Crippen LogP contribution in [0, 0.1) is 0 Å². The molecule has 1 saturated heterocycles. The summed E-state index contributed by atoms with van der Waals surface area (Å²) < 4.78 is 1.78. The molecule has 0 aliphatic carbocycles. The lowest BCUT2D eigenvalue weighted by Crippen LogP contribution is -2.43. The Labute approximate surface area is 146 Å². The van der Waals surface area contributed by atoms with Crippen molar-refractivity contribution in [1.82, 2.24) is 29.8 Å². The Bertz CT molecular complexity index is 831. The van der Waals surface area contributed by atoms with E-state index in [1.54, 1.807) is 17.0 Å². The highest BCUT2D eigenvalue weighted by molar-refractivity contribution is 5.47. The van der Waals surface area contributed by atoms with Gasteiger partial charge in [0.1, 0.15) is 12.1 Å². The van der Waals surface area contributed by atoms with Crippen LogP contribution in [0.4, 0.5) is 11.6 Å². The molecule has 25 heavy (non-hydrogen) atoms. The normalized spacial score (nSPS) is 17.8. The second-order valence-electron chi connectivity index (χ2n) is 6.37. The summed E-state index contributed by atoms with van der Waals surface area (Å²) in [5, 5.41) is 16.2. The van der Waals surface area contributed by atoms with Crippen molar-refractivity contribution in [3.05, 3.63) is 36.4 Å². The summed E-state index contributed by atoms with van der Waals surface area (Å²) in [4.78, 5) is 11.1. The third-order valence-electron chi connectivity index (χ3n) is 4.47. The molecular formula is C17H22N8. The molecule has 4 rings (SSSR count). The first-order chi connectivity index (χ1) is 12.3. The van der Waals surface area contributed by atoms with Gasteiger partial charge in [0.15, 0.2) is 5.82 Å². The van der Waals surface area contributed by atoms with Crippen molar-refractivity contribution in [3.63, 3.8) is 0 Å². The van der Waals surface area contributed by atoms with Crippen LogP contribution >= 0.6 is 0 Å². The summed E-state index contributed by atoms with van der Waals surface area (Å²) >= 11 is 0. The van der Waals surface area contributed by atoms with Crippen LogP contribution in [0.1, 0.15) is 31.9 Å². The Balaban J connectivity index is 1.55. The number of nitrogens with one attached hydrogen (secondary N) is 1. The van der Waals surface area contributed by atoms with E-state index in [4.69, 9.17) is 0 Å². The van der Waals surface area contributed by atoms with Gasteiger partial charge in [-0.15, -0.1) is 5.10 Å². The van der Waals surface area contributed by atoms with Crippen molar-refractivity contribution in [3.8, 4) is 0 Å². The summed E-state index contributed by atoms with van der Waals surface area (Å²) in [7, 11) is 0. The van der Waals surface area contributed by atoms with E-state index < -0.39 is 0 Å². The molecule has 0 radical (unpaired) electrons. The molecule has 8 heteroatoms. The highest BCUT2D eigenvalue weighted by Crippen LogP contribution is 2.20. The molecule has 130 valence electrons. The standard InChI is InChI=1S/C17H22N8/c1-2-5-13-10-16(25-17(22-13)18-12-20-25)21-14-6-4-9-24(11-14)15-7-3-8-19-23-15/h3,7-8,10,12,14,21H,2,4-6,9,11H2,1H3. The molecule has 0 saturated carbocycles. The van der Waals surface area contributed by atoms with E-state index in [-0.39, 0.29) is 0 Å². The maximum Gasteiger partial charge on any atom is 0.254 e. The van der Waals surface area contributed by atoms with Crippen molar-refractivity contribution >= 4 is 17.4 Å². The van der Waals surface area contributed by atoms with E-state index >= 15 is 0 Å². The number of piperidine rings is 1. The number of aryl methyl sites for hydroxylation is 1. The molecule has 3 aromatic rings. The van der Waals surface area contributed by atoms with Crippen LogP contribution in [0.2, 0.25) is 0 Å². The zero-order valence-electron chi connectivity index (χ0n) is 14.3. The predicted octanol–water partition coefficient (Wildman–Crippen LogP) is 1.95. The molecule has 1 aliphatic rings. The van der Waals surface area contributed by atoms with Gasteiger partial charge in [0, 0.05) is 37.1 Å². The first kappa shape index (κ1) is 15.7. The molecule has 1 N–H and O–H groups in total. The fraction of sp³-hybridized carbons (Fsp3) is 0.471. The van der Waals surface area contributed by atoms with Crippen LogP contribution < -0.4 is 10.2 Å². The van der Waals surface area contributed by atoms with E-state index in [9.17, 15) is 0 Å². The van der Waals surface area contributed by atoms with Crippen LogP contribution in [0.25, 0.3) is 5.78 Å². The largest absolute Gasteiger partial charge is 0.365 e. The SMILES string of the molecule is CCCc1cc(NC2CCCN(c3cccnn3)C2)n2ncnc2n1. The minimum Gasteiger partial charge on any atom is -0.365 e. The molecular weight excluding hydrogens is 316 g/mol. The molecule has 1 atom stereocenters. The van der Waals surface area contributed by atoms with Gasteiger partial charge < -0.3 is 10.2 Å². The monoisotopic (exact) mass is 338 g/mol. The van der Waals surface area contributed by atoms with Crippen LogP contribution in [-0.4, -0.2) is 48.9 Å². The maximum absolute atomic E-state index is 4.56. The molecule has 4 heterocycles. The lowest BCUT2D eigenvalue weighted by molar-refractivity contribution is 0.522. The van der Waals surface area contributed by atoms with Gasteiger partial charge >= 0.3 is 0 Å². The highest BCUT2D eigenvalue weighted by atomic mass is 15.4. The van der Waals surface area contributed by atoms with E-state index in [1.807, 2.05) is 12.1 Å². The van der Waals surface area contributed by atoms with Gasteiger partial charge in [-0.2, -0.15) is 19.7 Å². The van der Waals surface area contributed by atoms with Crippen molar-refractivity contribution < 1.29 is 0 Å². The van der Waals surface area contributed by atoms with Crippen molar-refractivity contribution in [2.24, 2.45) is 0 Å². The van der Waals surface area contributed by atoms with Crippen LogP contribution in [0.3, 0.4) is 0 Å². The highest BCUT2D eigenvalue weighted by Gasteiger charge is 2.22. The summed E-state index contributed by atoms with van der Waals surface area (Å²) in [6.45, 7) is 4.05. The Morgan fingerprint density at radius 1 is 1.36 bits per heavy atom. The predicted molar refractivity (Wildman–Crippen MR) is 95.7 cm³/mol. The fourth-order valence-electron chi connectivity index (χ4n) is 3.32. The first-order valence-electron chi connectivity index (χ1n) is 8.82. The molecule has 0 aromatic carbocycles. The zero-order chi connectivity index (χ0) is 17.1. The summed E-state index contributed by atoms with van der Waals surface area (Å²) in [5.41, 5.74) is 1.05. The first-order valence-corrected chi connectivity index (χ1v) is 8.82. The van der Waals surface area contributed by atoms with Gasteiger partial charge in [-0.3, -0.25) is 0 Å². The number of hydrogen-bond acceptors (Lipinski definition) is 7. The Morgan fingerprint density at radius 3 is 3.16 bits per heavy atom. The number of anilines is 2. The van der Waals surface area contributed by atoms with Crippen LogP contribution in [0.15, 0.2) is 30.7 Å². The quantitative estimate of drug-likeness (QED) is 0.761. The molecule has 1 fully saturated rings. The third kappa shape index (κ3) is 3.38. The van der Waals surface area contributed by atoms with Gasteiger partial charge in [-0.1, -0.05) is 13.3 Å². The Morgan fingerprint density at radius 2 is 2.32 bits per heavy atom. The topological polar surface area (TPSA) is 84.1 Å². The summed E-state index contributed by atoms with van der Waals surface area (Å²) in [6, 6.07) is 6.35. The van der Waals surface area contributed by atoms with Gasteiger partial charge in [0.05, 0.1) is 0 Å². The van der Waals surface area contributed by atoms with Crippen molar-refractivity contribution in [2.45, 2.75) is 38.6 Å². The molecule has 0 spiro atoms. The molecule has 3 aromatic heterocycles. The molecule has 1 aliphatic heterocycles. The van der Waals surface area contributed by atoms with E-state index in [0.717, 1.165) is 56.1 Å². The van der Waals surface area contributed by atoms with Gasteiger partial charge in [0.2, 0.25) is 0 Å². The van der Waals surface area contributed by atoms with E-state index in [1.165, 1.54) is 0 Å². The number of aromatic nitrogens is 6. The lowest BCUT2D eigenvalue weighted by Gasteiger charge is -2.34. The van der Waals surface area contributed by atoms with Crippen molar-refractivity contribution in [2.75, 3.05) is 23.3 Å².